The maximum Gasteiger partial charge on any atom is 0.362 e. The van der Waals surface area contributed by atoms with Gasteiger partial charge in [-0.25, -0.2) is 23.4 Å². The van der Waals surface area contributed by atoms with E-state index >= 15 is 0 Å². The molecule has 43 heavy (non-hydrogen) atoms. The molecule has 0 saturated carbocycles. The number of aromatic amines is 1. The predicted molar refractivity (Wildman–Crippen MR) is 152 cm³/mol. The zero-order chi connectivity index (χ0) is 31.0. The van der Waals surface area contributed by atoms with Gasteiger partial charge < -0.3 is 14.5 Å². The number of carbonyl (C=O) groups is 3. The van der Waals surface area contributed by atoms with Crippen molar-refractivity contribution < 1.29 is 47.1 Å². The van der Waals surface area contributed by atoms with Crippen LogP contribution in [0.25, 0.3) is 10.9 Å². The first kappa shape index (κ1) is 31.0. The Hall–Kier alpha value is -4.92. The molecule has 14 heteroatoms. The number of benzene rings is 3. The van der Waals surface area contributed by atoms with Crippen LogP contribution in [0, 0.1) is 0 Å². The van der Waals surface area contributed by atoms with Crippen molar-refractivity contribution in [2.45, 2.75) is 25.3 Å². The lowest BCUT2D eigenvalue weighted by Gasteiger charge is -2.20. The number of aromatic nitrogens is 1. The van der Waals surface area contributed by atoms with E-state index < -0.39 is 34.2 Å². The molecule has 1 aromatic heterocycles. The molecule has 0 atom stereocenters. The SMILES string of the molecule is CCN(NCC(=O)OOOC(C)=O)C(=O)c1cc2cc(Oc3ccc(S(C)(=O)=O)cc3)cc(OCc3ccccc3)c2[nH]1. The van der Waals surface area contributed by atoms with Crippen molar-refractivity contribution in [1.29, 1.82) is 0 Å². The first-order valence-corrected chi connectivity index (χ1v) is 14.8. The molecule has 0 unspecified atom stereocenters. The molecule has 0 aliphatic carbocycles. The van der Waals surface area contributed by atoms with Crippen LogP contribution in [0.15, 0.2) is 77.7 Å². The third-order valence-electron chi connectivity index (χ3n) is 5.87. The maximum absolute atomic E-state index is 13.3. The fourth-order valence-electron chi connectivity index (χ4n) is 3.86. The highest BCUT2D eigenvalue weighted by Gasteiger charge is 2.20. The molecule has 0 radical (unpaired) electrons. The minimum atomic E-state index is -3.36. The van der Waals surface area contributed by atoms with Crippen molar-refractivity contribution in [1.82, 2.24) is 15.4 Å². The van der Waals surface area contributed by atoms with Crippen LogP contribution in [0.1, 0.15) is 29.9 Å². The molecule has 0 bridgehead atoms. The predicted octanol–water partition coefficient (Wildman–Crippen LogP) is 3.86. The Morgan fingerprint density at radius 3 is 2.30 bits per heavy atom. The number of sulfone groups is 1. The van der Waals surface area contributed by atoms with Gasteiger partial charge in [0.2, 0.25) is 0 Å². The zero-order valence-electron chi connectivity index (χ0n) is 23.5. The average molecular weight is 612 g/mol. The van der Waals surface area contributed by atoms with Crippen LogP contribution in [0.4, 0.5) is 0 Å². The van der Waals surface area contributed by atoms with E-state index in [9.17, 15) is 22.8 Å². The van der Waals surface area contributed by atoms with Gasteiger partial charge in [-0.05, 0) is 48.9 Å². The molecule has 0 fully saturated rings. The van der Waals surface area contributed by atoms with E-state index in [1.54, 1.807) is 37.3 Å². The lowest BCUT2D eigenvalue weighted by molar-refractivity contribution is -0.458. The smallest absolute Gasteiger partial charge is 0.362 e. The van der Waals surface area contributed by atoms with Crippen molar-refractivity contribution in [3.8, 4) is 17.2 Å². The summed E-state index contributed by atoms with van der Waals surface area (Å²) in [6, 6.07) is 20.5. The lowest BCUT2D eigenvalue weighted by atomic mass is 10.2. The van der Waals surface area contributed by atoms with Gasteiger partial charge in [0.15, 0.2) is 9.84 Å². The normalized spacial score (nSPS) is 11.1. The number of hydrogen-bond donors (Lipinski definition) is 2. The minimum Gasteiger partial charge on any atom is -0.487 e. The molecule has 0 aliphatic heterocycles. The molecule has 3 aromatic carbocycles. The molecular formula is C29H29N3O10S. The first-order chi connectivity index (χ1) is 20.5. The Labute approximate surface area is 247 Å². The Balaban J connectivity index is 1.57. The van der Waals surface area contributed by atoms with E-state index in [1.807, 2.05) is 30.3 Å². The van der Waals surface area contributed by atoms with Crippen LogP contribution in [0.2, 0.25) is 0 Å². The van der Waals surface area contributed by atoms with Gasteiger partial charge in [0.25, 0.3) is 5.91 Å². The summed E-state index contributed by atoms with van der Waals surface area (Å²) in [5.74, 6) is -1.03. The van der Waals surface area contributed by atoms with E-state index in [0.29, 0.717) is 28.2 Å². The summed E-state index contributed by atoms with van der Waals surface area (Å²) >= 11 is 0. The number of rotatable bonds is 13. The third-order valence-corrected chi connectivity index (χ3v) is 7.00. The van der Waals surface area contributed by atoms with E-state index in [0.717, 1.165) is 18.7 Å². The summed E-state index contributed by atoms with van der Waals surface area (Å²) in [5.41, 5.74) is 4.28. The Morgan fingerprint density at radius 2 is 1.65 bits per heavy atom. The molecule has 226 valence electrons. The summed E-state index contributed by atoms with van der Waals surface area (Å²) in [6.45, 7) is 2.73. The minimum absolute atomic E-state index is 0.162. The number of hydrogen-bond acceptors (Lipinski definition) is 11. The van der Waals surface area contributed by atoms with Gasteiger partial charge in [0, 0.05) is 36.2 Å². The molecule has 1 heterocycles. The largest absolute Gasteiger partial charge is 0.487 e. The number of nitrogens with one attached hydrogen (secondary N) is 2. The van der Waals surface area contributed by atoms with E-state index in [1.165, 1.54) is 17.1 Å². The summed E-state index contributed by atoms with van der Waals surface area (Å²) in [7, 11) is -3.36. The van der Waals surface area contributed by atoms with Gasteiger partial charge in [-0.15, -0.1) is 0 Å². The van der Waals surface area contributed by atoms with Crippen molar-refractivity contribution in [2.24, 2.45) is 0 Å². The van der Waals surface area contributed by atoms with Gasteiger partial charge in [-0.3, -0.25) is 19.6 Å². The number of hydrazine groups is 1. The van der Waals surface area contributed by atoms with Crippen LogP contribution >= 0.6 is 0 Å². The van der Waals surface area contributed by atoms with Crippen LogP contribution in [-0.4, -0.2) is 55.6 Å². The van der Waals surface area contributed by atoms with Gasteiger partial charge in [-0.2, -0.15) is 0 Å². The second-order valence-corrected chi connectivity index (χ2v) is 11.2. The second-order valence-electron chi connectivity index (χ2n) is 9.17. The fourth-order valence-corrected chi connectivity index (χ4v) is 4.49. The summed E-state index contributed by atoms with van der Waals surface area (Å²) < 4.78 is 35.7. The average Bonchev–Trinajstić information content (AvgIpc) is 3.41. The molecule has 0 aliphatic rings. The maximum atomic E-state index is 13.3. The van der Waals surface area contributed by atoms with Crippen LogP contribution in [0.3, 0.4) is 0 Å². The fraction of sp³-hybridized carbons (Fsp3) is 0.207. The number of H-pyrrole nitrogens is 1. The number of ether oxygens (including phenoxy) is 2. The van der Waals surface area contributed by atoms with Crippen LogP contribution in [-0.2, 0) is 40.8 Å². The molecule has 2 N–H and O–H groups in total. The van der Waals surface area contributed by atoms with Gasteiger partial charge in [0.05, 0.1) is 10.4 Å². The van der Waals surface area contributed by atoms with E-state index in [2.05, 4.69) is 25.2 Å². The number of fused-ring (bicyclic) bond motifs is 1. The van der Waals surface area contributed by atoms with Crippen molar-refractivity contribution in [3.05, 3.63) is 84.1 Å². The quantitative estimate of drug-likeness (QED) is 0.167. The van der Waals surface area contributed by atoms with E-state index in [-0.39, 0.29) is 23.7 Å². The highest BCUT2D eigenvalue weighted by atomic mass is 32.2. The topological polar surface area (TPSA) is 163 Å². The number of nitrogens with zero attached hydrogens (tertiary/aromatic N) is 1. The molecular weight excluding hydrogens is 582 g/mol. The monoisotopic (exact) mass is 611 g/mol. The molecule has 4 aromatic rings. The highest BCUT2D eigenvalue weighted by Crippen LogP contribution is 2.35. The van der Waals surface area contributed by atoms with Crippen LogP contribution in [0.5, 0.6) is 17.2 Å². The van der Waals surface area contributed by atoms with Crippen molar-refractivity contribution in [2.75, 3.05) is 19.3 Å². The van der Waals surface area contributed by atoms with Crippen molar-refractivity contribution in [3.63, 3.8) is 0 Å². The molecule has 0 saturated heterocycles. The Kier molecular flexibility index (Phi) is 9.98. The number of amides is 1. The van der Waals surface area contributed by atoms with Crippen molar-refractivity contribution >= 4 is 38.6 Å². The van der Waals surface area contributed by atoms with Crippen LogP contribution < -0.4 is 14.9 Å². The summed E-state index contributed by atoms with van der Waals surface area (Å²) in [4.78, 5) is 47.5. The molecule has 1 amide bonds. The second kappa shape index (κ2) is 13.8. The summed E-state index contributed by atoms with van der Waals surface area (Å²) in [5, 5.41) is 5.83. The highest BCUT2D eigenvalue weighted by molar-refractivity contribution is 7.90. The summed E-state index contributed by atoms with van der Waals surface area (Å²) in [6.07, 6.45) is 1.12. The Bertz CT molecular complexity index is 1700. The lowest BCUT2D eigenvalue weighted by Crippen LogP contribution is -2.45. The molecule has 4 rings (SSSR count). The zero-order valence-corrected chi connectivity index (χ0v) is 24.3. The molecule has 13 nitrogen and oxygen atoms in total. The number of carbonyl (C=O) groups excluding carboxylic acids is 3. The van der Waals surface area contributed by atoms with Gasteiger partial charge >= 0.3 is 11.9 Å². The van der Waals surface area contributed by atoms with E-state index in [4.69, 9.17) is 9.47 Å². The van der Waals surface area contributed by atoms with Gasteiger partial charge in [0.1, 0.15) is 36.1 Å². The third kappa shape index (κ3) is 8.54. The standard InChI is InChI=1S/C29H29N3O10S/c1-4-32(30-17-27(34)41-42-40-19(2)33)29(35)25-15-21-14-23(39-22-10-12-24(13-11-22)43(3,36)37)16-26(28(21)31-25)38-18-20-8-6-5-7-9-20/h5-16,30-31H,4,17-18H2,1-3H3. The molecule has 0 spiro atoms. The Morgan fingerprint density at radius 1 is 0.930 bits per heavy atom. The first-order valence-electron chi connectivity index (χ1n) is 12.9. The van der Waals surface area contributed by atoms with Gasteiger partial charge in [-0.1, -0.05) is 30.3 Å².